The molecule has 2 heterocycles. The average molecular weight is 421 g/mol. The van der Waals surface area contributed by atoms with E-state index >= 15 is 0 Å². The number of carbonyl (C=O) groups excluding carboxylic acids is 2. The number of fused-ring (bicyclic) bond motifs is 6. The Labute approximate surface area is 184 Å². The van der Waals surface area contributed by atoms with Crippen LogP contribution in [0.25, 0.3) is 0 Å². The number of carbonyl (C=O) groups is 2. The topological polar surface area (TPSA) is 56.5 Å². The molecule has 6 rings (SSSR count). The van der Waals surface area contributed by atoms with E-state index < -0.39 is 0 Å². The van der Waals surface area contributed by atoms with Crippen molar-refractivity contribution in [1.82, 2.24) is 0 Å². The van der Waals surface area contributed by atoms with Gasteiger partial charge in [0.1, 0.15) is 17.1 Å². The molecule has 3 fully saturated rings. The lowest BCUT2D eigenvalue weighted by atomic mass is 9.48. The number of allylic oxidation sites excluding steroid dienone is 4. The summed E-state index contributed by atoms with van der Waals surface area (Å²) in [5, 5.41) is 0. The number of ether oxygens (including phenoxy) is 1. The van der Waals surface area contributed by atoms with Crippen LogP contribution in [0.3, 0.4) is 0 Å². The molecule has 1 saturated heterocycles. The Bertz CT molecular complexity index is 1040. The van der Waals surface area contributed by atoms with Gasteiger partial charge < -0.3 is 9.15 Å². The van der Waals surface area contributed by atoms with E-state index in [1.54, 1.807) is 0 Å². The van der Waals surface area contributed by atoms with E-state index in [1.165, 1.54) is 11.1 Å². The highest BCUT2D eigenvalue weighted by Gasteiger charge is 2.66. The van der Waals surface area contributed by atoms with E-state index in [1.807, 2.05) is 13.0 Å². The molecule has 4 aliphatic carbocycles. The van der Waals surface area contributed by atoms with Gasteiger partial charge in [0.15, 0.2) is 5.78 Å². The molecule has 0 radical (unpaired) electrons. The molecule has 0 unspecified atom stereocenters. The fourth-order valence-corrected chi connectivity index (χ4v) is 8.08. The van der Waals surface area contributed by atoms with Crippen molar-refractivity contribution in [1.29, 1.82) is 0 Å². The molecule has 1 spiro atoms. The molecule has 1 aromatic heterocycles. The zero-order valence-corrected chi connectivity index (χ0v) is 18.8. The van der Waals surface area contributed by atoms with Gasteiger partial charge in [0.2, 0.25) is 0 Å². The van der Waals surface area contributed by atoms with Gasteiger partial charge in [0, 0.05) is 29.6 Å². The Balaban J connectivity index is 1.50. The molecule has 1 aromatic rings. The van der Waals surface area contributed by atoms with Gasteiger partial charge in [0.05, 0.1) is 0 Å². The van der Waals surface area contributed by atoms with Crippen LogP contribution in [0.2, 0.25) is 0 Å². The molecule has 4 heteroatoms. The smallest absolute Gasteiger partial charge is 0.306 e. The largest absolute Gasteiger partial charge is 0.466 e. The van der Waals surface area contributed by atoms with E-state index in [-0.39, 0.29) is 34.1 Å². The first-order chi connectivity index (χ1) is 14.8. The number of hydrogen-bond acceptors (Lipinski definition) is 4. The van der Waals surface area contributed by atoms with Crippen LogP contribution in [-0.2, 0) is 14.3 Å². The summed E-state index contributed by atoms with van der Waals surface area (Å²) in [5.74, 6) is 3.29. The van der Waals surface area contributed by atoms with Crippen molar-refractivity contribution in [3.05, 3.63) is 47.0 Å². The number of furan rings is 1. The third-order valence-corrected chi connectivity index (χ3v) is 9.85. The van der Waals surface area contributed by atoms with Crippen molar-refractivity contribution in [2.75, 3.05) is 0 Å². The van der Waals surface area contributed by atoms with Gasteiger partial charge in [-0.05, 0) is 75.5 Å². The van der Waals surface area contributed by atoms with Crippen LogP contribution in [-0.4, -0.2) is 17.4 Å². The fourth-order valence-electron chi connectivity index (χ4n) is 8.08. The second-order valence-corrected chi connectivity index (χ2v) is 11.1. The molecular formula is C27H32O4. The summed E-state index contributed by atoms with van der Waals surface area (Å²) < 4.78 is 12.3. The SMILES string of the molecule is Cc1ccc([C@@H]2CC3=CC(=O)CC[C@]3(C)C3=CC[C@@]4(C)[C@@H](CC[C@@]45CCC(=O)O5)[C@@H]32)o1. The van der Waals surface area contributed by atoms with Gasteiger partial charge in [-0.2, -0.15) is 0 Å². The van der Waals surface area contributed by atoms with Gasteiger partial charge in [-0.1, -0.05) is 31.1 Å². The second kappa shape index (κ2) is 6.24. The van der Waals surface area contributed by atoms with E-state index in [2.05, 4.69) is 32.1 Å². The van der Waals surface area contributed by atoms with Crippen molar-refractivity contribution in [3.63, 3.8) is 0 Å². The third-order valence-electron chi connectivity index (χ3n) is 9.85. The predicted molar refractivity (Wildman–Crippen MR) is 116 cm³/mol. The Morgan fingerprint density at radius 3 is 2.61 bits per heavy atom. The molecule has 164 valence electrons. The number of esters is 1. The monoisotopic (exact) mass is 420 g/mol. The molecule has 6 atom stereocenters. The minimum atomic E-state index is -0.306. The van der Waals surface area contributed by atoms with Crippen LogP contribution >= 0.6 is 0 Å². The third kappa shape index (κ3) is 2.48. The summed E-state index contributed by atoms with van der Waals surface area (Å²) in [4.78, 5) is 24.5. The zero-order valence-electron chi connectivity index (χ0n) is 18.8. The summed E-state index contributed by atoms with van der Waals surface area (Å²) in [6, 6.07) is 4.20. The molecule has 0 aromatic carbocycles. The van der Waals surface area contributed by atoms with Crippen molar-refractivity contribution in [2.24, 2.45) is 22.7 Å². The molecular weight excluding hydrogens is 388 g/mol. The molecule has 1 aliphatic heterocycles. The summed E-state index contributed by atoms with van der Waals surface area (Å²) in [7, 11) is 0. The Hall–Kier alpha value is -2.10. The van der Waals surface area contributed by atoms with Gasteiger partial charge in [0.25, 0.3) is 0 Å². The molecule has 2 saturated carbocycles. The van der Waals surface area contributed by atoms with Crippen LogP contribution in [0, 0.1) is 29.6 Å². The molecule has 0 N–H and O–H groups in total. The highest BCUT2D eigenvalue weighted by atomic mass is 16.6. The van der Waals surface area contributed by atoms with Gasteiger partial charge >= 0.3 is 5.97 Å². The van der Waals surface area contributed by atoms with Crippen molar-refractivity contribution >= 4 is 11.8 Å². The average Bonchev–Trinajstić information content (AvgIpc) is 3.41. The lowest BCUT2D eigenvalue weighted by molar-refractivity contribution is -0.160. The highest BCUT2D eigenvalue weighted by Crippen LogP contribution is 2.70. The molecule has 0 amide bonds. The maximum absolute atomic E-state index is 12.3. The van der Waals surface area contributed by atoms with Gasteiger partial charge in [-0.15, -0.1) is 0 Å². The van der Waals surface area contributed by atoms with Crippen LogP contribution in [0.4, 0.5) is 0 Å². The zero-order chi connectivity index (χ0) is 21.6. The van der Waals surface area contributed by atoms with Crippen molar-refractivity contribution in [3.8, 4) is 0 Å². The van der Waals surface area contributed by atoms with Crippen LogP contribution in [0.1, 0.15) is 82.7 Å². The number of hydrogen-bond donors (Lipinski definition) is 0. The summed E-state index contributed by atoms with van der Waals surface area (Å²) in [6.07, 6.45) is 11.3. The molecule has 4 nitrogen and oxygen atoms in total. The fraction of sp³-hybridized carbons (Fsp3) is 0.630. The standard InChI is InChI=1S/C27H32O4/c1-16-4-5-22(30-16)19-15-17-14-18(28)6-10-25(17,2)20-7-11-26(3)21(24(19)20)8-12-27(26)13-9-23(29)31-27/h4-5,7,14,19,21,24H,6,8-13,15H2,1-3H3/t19-,21-,24+,25-,26-,27+/m0/s1. The lowest BCUT2D eigenvalue weighted by Gasteiger charge is -2.56. The first kappa shape index (κ1) is 19.6. The van der Waals surface area contributed by atoms with E-state index in [0.29, 0.717) is 24.7 Å². The minimum absolute atomic E-state index is 0.0264. The Kier molecular flexibility index (Phi) is 3.94. The minimum Gasteiger partial charge on any atom is -0.466 e. The second-order valence-electron chi connectivity index (χ2n) is 11.1. The van der Waals surface area contributed by atoms with E-state index in [0.717, 1.165) is 50.0 Å². The van der Waals surface area contributed by atoms with Crippen LogP contribution in [0.15, 0.2) is 39.8 Å². The van der Waals surface area contributed by atoms with Gasteiger partial charge in [-0.25, -0.2) is 0 Å². The summed E-state index contributed by atoms with van der Waals surface area (Å²) >= 11 is 0. The van der Waals surface area contributed by atoms with E-state index in [4.69, 9.17) is 9.15 Å². The first-order valence-corrected chi connectivity index (χ1v) is 12.0. The molecule has 5 aliphatic rings. The summed E-state index contributed by atoms with van der Waals surface area (Å²) in [6.45, 7) is 6.74. The quantitative estimate of drug-likeness (QED) is 0.425. The first-order valence-electron chi connectivity index (χ1n) is 12.0. The molecule has 0 bridgehead atoms. The maximum Gasteiger partial charge on any atom is 0.306 e. The number of aryl methyl sites for hydroxylation is 1. The van der Waals surface area contributed by atoms with Crippen LogP contribution < -0.4 is 0 Å². The predicted octanol–water partition coefficient (Wildman–Crippen LogP) is 5.81. The number of rotatable bonds is 1. The van der Waals surface area contributed by atoms with Crippen LogP contribution in [0.5, 0.6) is 0 Å². The van der Waals surface area contributed by atoms with E-state index in [9.17, 15) is 9.59 Å². The maximum atomic E-state index is 12.3. The van der Waals surface area contributed by atoms with Crippen molar-refractivity contribution in [2.45, 2.75) is 83.7 Å². The Morgan fingerprint density at radius 2 is 1.90 bits per heavy atom. The Morgan fingerprint density at radius 1 is 1.06 bits per heavy atom. The number of ketones is 1. The van der Waals surface area contributed by atoms with Crippen molar-refractivity contribution < 1.29 is 18.7 Å². The van der Waals surface area contributed by atoms with Gasteiger partial charge in [-0.3, -0.25) is 9.59 Å². The molecule has 31 heavy (non-hydrogen) atoms. The summed E-state index contributed by atoms with van der Waals surface area (Å²) in [5.41, 5.74) is 2.43. The highest BCUT2D eigenvalue weighted by molar-refractivity contribution is 5.92. The lowest BCUT2D eigenvalue weighted by Crippen LogP contribution is -2.52. The normalized spacial score (nSPS) is 43.8.